The van der Waals surface area contributed by atoms with Gasteiger partial charge in [0.2, 0.25) is 5.79 Å². The third-order valence-corrected chi connectivity index (χ3v) is 5.96. The minimum absolute atomic E-state index is 0.0530. The number of aliphatic hydroxyl groups excluding tert-OH is 1. The molecule has 0 aromatic heterocycles. The monoisotopic (exact) mass is 384 g/mol. The number of hydrogen-bond donors (Lipinski definition) is 2. The second-order valence-electron chi connectivity index (χ2n) is 4.30. The SMILES string of the molecule is CC1CC(O)C(O)(COP(=O)([O-])OP(=O)([O-])OP(=O)([O-])[O-])O1. The fourth-order valence-corrected chi connectivity index (χ4v) is 4.44. The van der Waals surface area contributed by atoms with Crippen LogP contribution in [0.5, 0.6) is 0 Å². The third kappa shape index (κ3) is 6.42. The molecule has 5 unspecified atom stereocenters. The first-order chi connectivity index (χ1) is 9.64. The Morgan fingerprint density at radius 2 is 1.73 bits per heavy atom. The fraction of sp³-hybridized carbons (Fsp3) is 1.00. The average Bonchev–Trinajstić information content (AvgIpc) is 2.45. The highest BCUT2D eigenvalue weighted by Crippen LogP contribution is 2.60. The maximum Gasteiger partial charge on any atom is 0.278 e. The van der Waals surface area contributed by atoms with Crippen LogP contribution in [0, 0.1) is 0 Å². The van der Waals surface area contributed by atoms with Gasteiger partial charge < -0.3 is 43.6 Å². The molecule has 0 spiro atoms. The Bertz CT molecular complexity index is 542. The van der Waals surface area contributed by atoms with Crippen molar-refractivity contribution >= 4 is 23.5 Å². The third-order valence-electron chi connectivity index (χ3n) is 2.31. The van der Waals surface area contributed by atoms with Crippen LogP contribution in [0.1, 0.15) is 13.3 Å². The Hall–Kier alpha value is 0.290. The summed E-state index contributed by atoms with van der Waals surface area (Å²) in [7, 11) is -17.9. The molecule has 0 amide bonds. The number of phosphoric ester groups is 1. The lowest BCUT2D eigenvalue weighted by molar-refractivity contribution is -0.339. The first-order valence-corrected chi connectivity index (χ1v) is 9.82. The van der Waals surface area contributed by atoms with Gasteiger partial charge in [0, 0.05) is 6.42 Å². The number of hydrogen-bond acceptors (Lipinski definition) is 13. The van der Waals surface area contributed by atoms with E-state index >= 15 is 0 Å². The van der Waals surface area contributed by atoms with Crippen LogP contribution in [-0.4, -0.2) is 34.8 Å². The molecule has 16 heteroatoms. The van der Waals surface area contributed by atoms with Crippen LogP contribution >= 0.6 is 23.5 Å². The van der Waals surface area contributed by atoms with Crippen LogP contribution in [-0.2, 0) is 31.6 Å². The maximum absolute atomic E-state index is 11.2. The lowest BCUT2D eigenvalue weighted by atomic mass is 10.1. The predicted octanol–water partition coefficient (Wildman–Crippen LogP) is -3.34. The molecule has 0 radical (unpaired) electrons. The number of aliphatic hydroxyl groups is 2. The van der Waals surface area contributed by atoms with Gasteiger partial charge in [-0.25, -0.2) is 4.31 Å². The topological polar surface area (TPSA) is 221 Å². The van der Waals surface area contributed by atoms with Gasteiger partial charge in [-0.05, 0) is 6.92 Å². The van der Waals surface area contributed by atoms with Gasteiger partial charge in [0.15, 0.2) is 0 Å². The minimum atomic E-state index is -6.07. The van der Waals surface area contributed by atoms with Crippen molar-refractivity contribution in [1.29, 1.82) is 0 Å². The molecule has 1 fully saturated rings. The summed E-state index contributed by atoms with van der Waals surface area (Å²) in [6.07, 6.45) is -2.22. The molecular formula is C6H11O13P3-4. The van der Waals surface area contributed by atoms with Crippen molar-refractivity contribution in [2.24, 2.45) is 0 Å². The molecule has 0 aliphatic carbocycles. The molecule has 0 saturated carbocycles. The summed E-state index contributed by atoms with van der Waals surface area (Å²) in [5.41, 5.74) is 0. The summed E-state index contributed by atoms with van der Waals surface area (Å²) in [6, 6.07) is 0. The van der Waals surface area contributed by atoms with E-state index in [2.05, 4.69) is 13.1 Å². The molecule has 22 heavy (non-hydrogen) atoms. The second-order valence-corrected chi connectivity index (χ2v) is 8.55. The van der Waals surface area contributed by atoms with E-state index in [4.69, 9.17) is 4.74 Å². The van der Waals surface area contributed by atoms with E-state index in [0.717, 1.165) is 0 Å². The van der Waals surface area contributed by atoms with Crippen molar-refractivity contribution in [2.75, 3.05) is 6.61 Å². The summed E-state index contributed by atoms with van der Waals surface area (Å²) in [5.74, 6) is -2.44. The average molecular weight is 384 g/mol. The number of phosphoric acid groups is 3. The van der Waals surface area contributed by atoms with E-state index in [9.17, 15) is 43.5 Å². The highest BCUT2D eigenvalue weighted by molar-refractivity contribution is 7.64. The zero-order valence-electron chi connectivity index (χ0n) is 10.8. The quantitative estimate of drug-likeness (QED) is 0.410. The molecule has 1 aliphatic heterocycles. The van der Waals surface area contributed by atoms with Crippen LogP contribution in [0.4, 0.5) is 0 Å². The molecular weight excluding hydrogens is 373 g/mol. The van der Waals surface area contributed by atoms with Gasteiger partial charge in [-0.2, -0.15) is 0 Å². The van der Waals surface area contributed by atoms with Crippen molar-refractivity contribution in [1.82, 2.24) is 0 Å². The Morgan fingerprint density at radius 3 is 2.14 bits per heavy atom. The fourth-order valence-electron chi connectivity index (χ4n) is 1.56. The van der Waals surface area contributed by atoms with Crippen molar-refractivity contribution in [3.8, 4) is 0 Å². The summed E-state index contributed by atoms with van der Waals surface area (Å²) in [5, 5.41) is 19.2. The van der Waals surface area contributed by atoms with E-state index in [1.807, 2.05) is 0 Å². The Labute approximate surface area is 123 Å². The largest absolute Gasteiger partial charge is 0.790 e. The molecule has 13 nitrogen and oxygen atoms in total. The van der Waals surface area contributed by atoms with E-state index < -0.39 is 48.1 Å². The van der Waals surface area contributed by atoms with Gasteiger partial charge in [0.25, 0.3) is 15.6 Å². The molecule has 1 saturated heterocycles. The Balaban J connectivity index is 2.67. The normalized spacial score (nSPS) is 35.0. The van der Waals surface area contributed by atoms with Gasteiger partial charge in [-0.1, -0.05) is 0 Å². The highest BCUT2D eigenvalue weighted by atomic mass is 31.3. The molecule has 0 aromatic rings. The van der Waals surface area contributed by atoms with E-state index in [1.165, 1.54) is 6.92 Å². The molecule has 0 bridgehead atoms. The molecule has 132 valence electrons. The Kier molecular flexibility index (Phi) is 6.15. The molecule has 2 N–H and O–H groups in total. The van der Waals surface area contributed by atoms with Crippen LogP contribution in [0.15, 0.2) is 0 Å². The van der Waals surface area contributed by atoms with Gasteiger partial charge in [0.1, 0.15) is 12.7 Å². The van der Waals surface area contributed by atoms with E-state index in [-0.39, 0.29) is 6.42 Å². The van der Waals surface area contributed by atoms with Crippen LogP contribution in [0.2, 0.25) is 0 Å². The molecule has 1 heterocycles. The molecule has 1 rings (SSSR count). The van der Waals surface area contributed by atoms with Crippen LogP contribution in [0.25, 0.3) is 0 Å². The standard InChI is InChI=1S/C6H15O13P3/c1-4-2-5(7)6(8,17-4)3-16-21(12,13)19-22(14,15)18-20(9,10)11/h4-5,7-8H,2-3H2,1H3,(H,12,13)(H,14,15)(H2,9,10,11)/p-4. The van der Waals surface area contributed by atoms with Crippen LogP contribution < -0.4 is 19.6 Å². The van der Waals surface area contributed by atoms with Gasteiger partial charge >= 0.3 is 0 Å². The van der Waals surface area contributed by atoms with Crippen molar-refractivity contribution in [3.63, 3.8) is 0 Å². The number of rotatable bonds is 7. The van der Waals surface area contributed by atoms with Crippen molar-refractivity contribution in [3.05, 3.63) is 0 Å². The highest BCUT2D eigenvalue weighted by Gasteiger charge is 2.46. The summed E-state index contributed by atoms with van der Waals surface area (Å²) in [4.78, 5) is 42.3. The summed E-state index contributed by atoms with van der Waals surface area (Å²) < 4.78 is 47.2. The first-order valence-electron chi connectivity index (χ1n) is 5.44. The summed E-state index contributed by atoms with van der Waals surface area (Å²) in [6.45, 7) is 0.208. The minimum Gasteiger partial charge on any atom is -0.790 e. The second kappa shape index (κ2) is 6.66. The van der Waals surface area contributed by atoms with Gasteiger partial charge in [-0.3, -0.25) is 13.4 Å². The Morgan fingerprint density at radius 1 is 1.18 bits per heavy atom. The lowest BCUT2D eigenvalue weighted by Crippen LogP contribution is -2.44. The summed E-state index contributed by atoms with van der Waals surface area (Å²) >= 11 is 0. The maximum atomic E-state index is 11.2. The van der Waals surface area contributed by atoms with Crippen molar-refractivity contribution in [2.45, 2.75) is 31.3 Å². The van der Waals surface area contributed by atoms with Crippen LogP contribution in [0.3, 0.4) is 0 Å². The van der Waals surface area contributed by atoms with Gasteiger partial charge in [-0.15, -0.1) is 0 Å². The predicted molar refractivity (Wildman–Crippen MR) is 57.1 cm³/mol. The molecule has 1 aliphatic rings. The lowest BCUT2D eigenvalue weighted by Gasteiger charge is -2.38. The smallest absolute Gasteiger partial charge is 0.278 e. The van der Waals surface area contributed by atoms with E-state index in [1.54, 1.807) is 0 Å². The van der Waals surface area contributed by atoms with Crippen molar-refractivity contribution < 1.29 is 61.4 Å². The zero-order valence-corrected chi connectivity index (χ0v) is 13.5. The van der Waals surface area contributed by atoms with E-state index in [0.29, 0.717) is 0 Å². The van der Waals surface area contributed by atoms with Gasteiger partial charge in [0.05, 0.1) is 13.9 Å². The first kappa shape index (κ1) is 20.3. The molecule has 5 atom stereocenters. The zero-order chi connectivity index (χ0) is 17.4. The number of ether oxygens (including phenoxy) is 1. The molecule has 0 aromatic carbocycles.